The van der Waals surface area contributed by atoms with Crippen LogP contribution in [-0.4, -0.2) is 0 Å². The van der Waals surface area contributed by atoms with Gasteiger partial charge in [-0.15, -0.1) is 6.58 Å². The monoisotopic (exact) mass is 312 g/mol. The van der Waals surface area contributed by atoms with Crippen LogP contribution in [0.15, 0.2) is 110 Å². The Morgan fingerprint density at radius 3 is 2.12 bits per heavy atom. The van der Waals surface area contributed by atoms with Gasteiger partial charge >= 0.3 is 0 Å². The molecule has 0 nitrogen and oxygen atoms in total. The highest BCUT2D eigenvalue weighted by Crippen LogP contribution is 2.25. The second kappa shape index (κ2) is 10.0. The third-order valence-electron chi connectivity index (χ3n) is 3.72. The van der Waals surface area contributed by atoms with Crippen LogP contribution in [0.4, 0.5) is 0 Å². The van der Waals surface area contributed by atoms with Gasteiger partial charge in [0, 0.05) is 0 Å². The molecule has 0 aliphatic carbocycles. The molecule has 0 fully saturated rings. The second-order valence-corrected chi connectivity index (χ2v) is 5.47. The first-order valence-electron chi connectivity index (χ1n) is 8.27. The zero-order valence-corrected chi connectivity index (χ0v) is 14.1. The Morgan fingerprint density at radius 2 is 1.50 bits per heavy atom. The van der Waals surface area contributed by atoms with Gasteiger partial charge in [0.2, 0.25) is 0 Å². The van der Waals surface area contributed by atoms with Crippen LogP contribution < -0.4 is 0 Å². The number of hydrogen-bond donors (Lipinski definition) is 0. The van der Waals surface area contributed by atoms with Gasteiger partial charge in [-0.25, -0.2) is 0 Å². The van der Waals surface area contributed by atoms with Crippen molar-refractivity contribution in [2.24, 2.45) is 0 Å². The van der Waals surface area contributed by atoms with Crippen molar-refractivity contribution in [3.63, 3.8) is 0 Å². The predicted octanol–water partition coefficient (Wildman–Crippen LogP) is 6.86. The molecule has 0 N–H and O–H groups in total. The van der Waals surface area contributed by atoms with Crippen molar-refractivity contribution in [3.05, 3.63) is 121 Å². The molecule has 0 heterocycles. The summed E-state index contributed by atoms with van der Waals surface area (Å²) in [6, 6.07) is 20.9. The van der Waals surface area contributed by atoms with E-state index < -0.39 is 0 Å². The molecule has 0 saturated heterocycles. The molecule has 0 spiro atoms. The van der Waals surface area contributed by atoms with Crippen molar-refractivity contribution < 1.29 is 0 Å². The number of benzene rings is 2. The summed E-state index contributed by atoms with van der Waals surface area (Å²) in [5.41, 5.74) is 4.94. The van der Waals surface area contributed by atoms with Crippen molar-refractivity contribution in [1.29, 1.82) is 0 Å². The van der Waals surface area contributed by atoms with Gasteiger partial charge in [0.15, 0.2) is 0 Å². The first-order chi connectivity index (χ1) is 11.8. The largest absolute Gasteiger partial charge is 0.103 e. The van der Waals surface area contributed by atoms with E-state index in [1.807, 2.05) is 30.4 Å². The Morgan fingerprint density at radius 1 is 0.833 bits per heavy atom. The molecule has 0 heteroatoms. The maximum atomic E-state index is 3.85. The molecular formula is C24H24. The van der Waals surface area contributed by atoms with Crippen molar-refractivity contribution in [1.82, 2.24) is 0 Å². The van der Waals surface area contributed by atoms with Gasteiger partial charge in [-0.2, -0.15) is 0 Å². The Labute approximate surface area is 145 Å². The first-order valence-corrected chi connectivity index (χ1v) is 8.27. The summed E-state index contributed by atoms with van der Waals surface area (Å²) in [7, 11) is 0. The van der Waals surface area contributed by atoms with Gasteiger partial charge in [0.05, 0.1) is 0 Å². The van der Waals surface area contributed by atoms with Gasteiger partial charge in [0.1, 0.15) is 0 Å². The zero-order chi connectivity index (χ0) is 17.0. The molecule has 24 heavy (non-hydrogen) atoms. The van der Waals surface area contributed by atoms with Crippen molar-refractivity contribution >= 4 is 11.6 Å². The van der Waals surface area contributed by atoms with E-state index in [0.29, 0.717) is 0 Å². The lowest BCUT2D eigenvalue weighted by atomic mass is 9.95. The average Bonchev–Trinajstić information content (AvgIpc) is 2.65. The molecule has 0 unspecified atom stereocenters. The van der Waals surface area contributed by atoms with Crippen LogP contribution in [0.25, 0.3) is 11.6 Å². The fourth-order valence-corrected chi connectivity index (χ4v) is 2.50. The number of allylic oxidation sites excluding steroid dienone is 7. The summed E-state index contributed by atoms with van der Waals surface area (Å²) in [6.07, 6.45) is 14.2. The van der Waals surface area contributed by atoms with Crippen LogP contribution in [0.2, 0.25) is 0 Å². The molecule has 0 radical (unpaired) electrons. The highest BCUT2D eigenvalue weighted by molar-refractivity contribution is 5.82. The van der Waals surface area contributed by atoms with Crippen LogP contribution in [0.3, 0.4) is 0 Å². The lowest BCUT2D eigenvalue weighted by molar-refractivity contribution is 1.01. The Kier molecular flexibility index (Phi) is 7.30. The van der Waals surface area contributed by atoms with E-state index >= 15 is 0 Å². The highest BCUT2D eigenvalue weighted by Gasteiger charge is 2.04. The molecule has 2 rings (SSSR count). The van der Waals surface area contributed by atoms with Crippen LogP contribution in [0.1, 0.15) is 24.0 Å². The SMILES string of the molecule is C=CC=CC(CCC=C)=C(C=Cc1ccccc1)c1ccccc1. The highest BCUT2D eigenvalue weighted by atomic mass is 14.1. The van der Waals surface area contributed by atoms with E-state index in [1.165, 1.54) is 22.3 Å². The molecule has 2 aromatic carbocycles. The van der Waals surface area contributed by atoms with Crippen molar-refractivity contribution in [2.45, 2.75) is 12.8 Å². The van der Waals surface area contributed by atoms with Crippen LogP contribution in [0, 0.1) is 0 Å². The van der Waals surface area contributed by atoms with E-state index in [1.54, 1.807) is 0 Å². The lowest BCUT2D eigenvalue weighted by Gasteiger charge is -2.10. The quantitative estimate of drug-likeness (QED) is 0.369. The summed E-state index contributed by atoms with van der Waals surface area (Å²) in [5, 5.41) is 0. The molecule has 0 atom stereocenters. The van der Waals surface area contributed by atoms with Gasteiger partial charge < -0.3 is 0 Å². The maximum Gasteiger partial charge on any atom is -0.0152 e. The Bertz CT molecular complexity index is 728. The third kappa shape index (κ3) is 5.40. The zero-order valence-electron chi connectivity index (χ0n) is 14.1. The fourth-order valence-electron chi connectivity index (χ4n) is 2.50. The van der Waals surface area contributed by atoms with Gasteiger partial charge in [-0.05, 0) is 35.1 Å². The molecule has 0 aliphatic rings. The van der Waals surface area contributed by atoms with Crippen molar-refractivity contribution in [2.75, 3.05) is 0 Å². The van der Waals surface area contributed by atoms with Crippen LogP contribution >= 0.6 is 0 Å². The summed E-state index contributed by atoms with van der Waals surface area (Å²) >= 11 is 0. The first kappa shape index (κ1) is 17.5. The molecule has 0 amide bonds. The molecule has 120 valence electrons. The minimum Gasteiger partial charge on any atom is -0.103 e. The summed E-state index contributed by atoms with van der Waals surface area (Å²) in [5.74, 6) is 0. The van der Waals surface area contributed by atoms with Gasteiger partial charge in [-0.3, -0.25) is 0 Å². The standard InChI is InChI=1S/C24H24/c1-3-5-15-22(16-6-4-2)24(23-17-11-8-12-18-23)20-19-21-13-9-7-10-14-21/h3-5,7-15,17-20H,1-2,6,16H2. The summed E-state index contributed by atoms with van der Waals surface area (Å²) in [6.45, 7) is 7.64. The van der Waals surface area contributed by atoms with E-state index in [-0.39, 0.29) is 0 Å². The fraction of sp³-hybridized carbons (Fsp3) is 0.0833. The number of hydrogen-bond acceptors (Lipinski definition) is 0. The molecular weight excluding hydrogens is 288 g/mol. The van der Waals surface area contributed by atoms with Gasteiger partial charge in [-0.1, -0.05) is 104 Å². The predicted molar refractivity (Wildman–Crippen MR) is 108 cm³/mol. The van der Waals surface area contributed by atoms with Crippen LogP contribution in [-0.2, 0) is 0 Å². The molecule has 0 saturated carbocycles. The second-order valence-electron chi connectivity index (χ2n) is 5.47. The van der Waals surface area contributed by atoms with Crippen molar-refractivity contribution in [3.8, 4) is 0 Å². The molecule has 0 bridgehead atoms. The average molecular weight is 312 g/mol. The third-order valence-corrected chi connectivity index (χ3v) is 3.72. The van der Waals surface area contributed by atoms with Gasteiger partial charge in [0.25, 0.3) is 0 Å². The molecule has 0 aliphatic heterocycles. The minimum absolute atomic E-state index is 0.951. The Hall–Kier alpha value is -2.86. The summed E-state index contributed by atoms with van der Waals surface area (Å²) in [4.78, 5) is 0. The van der Waals surface area contributed by atoms with E-state index in [2.05, 4.69) is 79.9 Å². The maximum absolute atomic E-state index is 3.85. The Balaban J connectivity index is 2.48. The normalized spacial score (nSPS) is 12.3. The minimum atomic E-state index is 0.951. The van der Waals surface area contributed by atoms with Crippen LogP contribution in [0.5, 0.6) is 0 Å². The lowest BCUT2D eigenvalue weighted by Crippen LogP contribution is -1.89. The summed E-state index contributed by atoms with van der Waals surface area (Å²) < 4.78 is 0. The van der Waals surface area contributed by atoms with E-state index in [9.17, 15) is 0 Å². The molecule has 2 aromatic rings. The molecule has 0 aromatic heterocycles. The smallest absolute Gasteiger partial charge is 0.0152 e. The number of rotatable bonds is 8. The van der Waals surface area contributed by atoms with E-state index in [4.69, 9.17) is 0 Å². The topological polar surface area (TPSA) is 0 Å². The van der Waals surface area contributed by atoms with E-state index in [0.717, 1.165) is 12.8 Å².